The van der Waals surface area contributed by atoms with Crippen molar-refractivity contribution in [3.8, 4) is 45.6 Å². The van der Waals surface area contributed by atoms with Crippen molar-refractivity contribution >= 4 is 0 Å². The summed E-state index contributed by atoms with van der Waals surface area (Å²) in [5, 5.41) is 0. The third-order valence-electron chi connectivity index (χ3n) is 7.12. The van der Waals surface area contributed by atoms with E-state index in [9.17, 15) is 0 Å². The van der Waals surface area contributed by atoms with Crippen LogP contribution in [0.3, 0.4) is 0 Å². The van der Waals surface area contributed by atoms with E-state index >= 15 is 0 Å². The van der Waals surface area contributed by atoms with Gasteiger partial charge in [-0.05, 0) is 48.6 Å². The molecule has 2 unspecified atom stereocenters. The molecular weight excluding hydrogens is 384 g/mol. The highest BCUT2D eigenvalue weighted by atomic mass is 16.5. The van der Waals surface area contributed by atoms with Crippen LogP contribution < -0.4 is 28.4 Å². The van der Waals surface area contributed by atoms with Crippen LogP contribution in [-0.2, 0) is 12.8 Å². The summed E-state index contributed by atoms with van der Waals surface area (Å²) in [7, 11) is 10.2. The number of ether oxygens (including phenoxy) is 6. The number of hydrogen-bond donors (Lipinski definition) is 0. The second kappa shape index (κ2) is 6.89. The first-order chi connectivity index (χ1) is 14.7. The molecule has 2 aromatic carbocycles. The topological polar surface area (TPSA) is 55.4 Å². The van der Waals surface area contributed by atoms with Crippen LogP contribution in [0.15, 0.2) is 0 Å². The van der Waals surface area contributed by atoms with Crippen LogP contribution in [0, 0.1) is 0 Å². The van der Waals surface area contributed by atoms with E-state index in [0.29, 0.717) is 23.3 Å². The largest absolute Gasteiger partial charge is 0.492 e. The predicted molar refractivity (Wildman–Crippen MR) is 113 cm³/mol. The lowest BCUT2D eigenvalue weighted by Crippen LogP contribution is -2.30. The Balaban J connectivity index is 1.98. The van der Waals surface area contributed by atoms with Crippen molar-refractivity contribution < 1.29 is 28.4 Å². The average molecular weight is 412 g/mol. The fraction of sp³-hybridized carbons (Fsp3) is 0.500. The van der Waals surface area contributed by atoms with E-state index in [4.69, 9.17) is 28.4 Å². The molecule has 1 saturated carbocycles. The first kappa shape index (κ1) is 19.2. The minimum atomic E-state index is 0.360. The molecule has 6 nitrogen and oxygen atoms in total. The molecule has 2 atom stereocenters. The molecule has 0 saturated heterocycles. The van der Waals surface area contributed by atoms with E-state index in [1.165, 1.54) is 33.4 Å². The summed E-state index contributed by atoms with van der Waals surface area (Å²) in [6.07, 6.45) is 3.88. The van der Waals surface area contributed by atoms with Gasteiger partial charge in [0.15, 0.2) is 23.0 Å². The number of fused-ring (bicyclic) bond motifs is 3. The second-order valence-electron chi connectivity index (χ2n) is 8.02. The second-order valence-corrected chi connectivity index (χ2v) is 8.02. The van der Waals surface area contributed by atoms with Crippen LogP contribution in [0.4, 0.5) is 0 Å². The van der Waals surface area contributed by atoms with Crippen molar-refractivity contribution in [2.45, 2.75) is 37.5 Å². The van der Waals surface area contributed by atoms with E-state index in [1.807, 2.05) is 0 Å². The van der Waals surface area contributed by atoms with Crippen LogP contribution in [0.2, 0.25) is 0 Å². The fourth-order valence-corrected chi connectivity index (χ4v) is 5.91. The minimum absolute atomic E-state index is 0.360. The molecular formula is C24H28O6. The minimum Gasteiger partial charge on any atom is -0.492 e. The number of benzene rings is 2. The molecule has 160 valence electrons. The summed E-state index contributed by atoms with van der Waals surface area (Å²) in [6.45, 7) is 0. The van der Waals surface area contributed by atoms with Gasteiger partial charge in [-0.1, -0.05) is 0 Å². The third kappa shape index (κ3) is 2.14. The highest BCUT2D eigenvalue weighted by Gasteiger charge is 2.49. The van der Waals surface area contributed by atoms with Gasteiger partial charge in [-0.3, -0.25) is 0 Å². The highest BCUT2D eigenvalue weighted by Crippen LogP contribution is 2.68. The third-order valence-corrected chi connectivity index (χ3v) is 7.12. The van der Waals surface area contributed by atoms with E-state index in [2.05, 4.69) is 0 Å². The molecule has 1 fully saturated rings. The summed E-state index contributed by atoms with van der Waals surface area (Å²) in [4.78, 5) is 0. The molecule has 3 aliphatic carbocycles. The van der Waals surface area contributed by atoms with Gasteiger partial charge in [0.2, 0.25) is 11.5 Å². The molecule has 0 spiro atoms. The Labute approximate surface area is 177 Å². The molecule has 0 amide bonds. The maximum Gasteiger partial charge on any atom is 0.203 e. The van der Waals surface area contributed by atoms with Crippen LogP contribution in [0.5, 0.6) is 34.5 Å². The van der Waals surface area contributed by atoms with Crippen molar-refractivity contribution in [1.29, 1.82) is 0 Å². The fourth-order valence-electron chi connectivity index (χ4n) is 5.91. The van der Waals surface area contributed by atoms with Gasteiger partial charge in [-0.25, -0.2) is 0 Å². The lowest BCUT2D eigenvalue weighted by atomic mass is 9.57. The first-order valence-corrected chi connectivity index (χ1v) is 10.4. The van der Waals surface area contributed by atoms with E-state index in [0.717, 1.165) is 48.7 Å². The maximum absolute atomic E-state index is 5.93. The van der Waals surface area contributed by atoms with E-state index in [-0.39, 0.29) is 0 Å². The molecule has 0 aliphatic heterocycles. The zero-order valence-corrected chi connectivity index (χ0v) is 18.4. The number of rotatable bonds is 6. The number of hydrogen-bond acceptors (Lipinski definition) is 6. The Hall–Kier alpha value is -2.76. The quantitative estimate of drug-likeness (QED) is 0.697. The Morgan fingerprint density at radius 3 is 1.07 bits per heavy atom. The van der Waals surface area contributed by atoms with Gasteiger partial charge in [-0.2, -0.15) is 0 Å². The zero-order valence-electron chi connectivity index (χ0n) is 18.4. The van der Waals surface area contributed by atoms with Gasteiger partial charge in [0.25, 0.3) is 0 Å². The van der Waals surface area contributed by atoms with Crippen molar-refractivity contribution in [1.82, 2.24) is 0 Å². The van der Waals surface area contributed by atoms with Crippen LogP contribution in [-0.4, -0.2) is 42.7 Å². The maximum atomic E-state index is 5.93. The molecule has 3 aliphatic rings. The molecule has 2 aromatic rings. The van der Waals surface area contributed by atoms with Crippen LogP contribution >= 0.6 is 0 Å². The van der Waals surface area contributed by atoms with Gasteiger partial charge in [0.05, 0.1) is 42.7 Å². The SMILES string of the molecule is COc1c2c3c(c(OC)c1OC)C1CCC1c1c(OC)c(OC)c(OC)c(c1-3)CC2. The van der Waals surface area contributed by atoms with E-state index < -0.39 is 0 Å². The van der Waals surface area contributed by atoms with Crippen LogP contribution in [0.25, 0.3) is 11.1 Å². The van der Waals surface area contributed by atoms with Gasteiger partial charge in [-0.15, -0.1) is 0 Å². The Morgan fingerprint density at radius 1 is 0.467 bits per heavy atom. The van der Waals surface area contributed by atoms with E-state index in [1.54, 1.807) is 42.7 Å². The molecule has 0 radical (unpaired) electrons. The molecule has 0 aromatic heterocycles. The summed E-state index contributed by atoms with van der Waals surface area (Å²) in [5.41, 5.74) is 7.26. The standard InChI is InChI=1S/C24H28O6/c1-25-19-13-9-10-14-16-15(13)17(21(27-3)23(19)29-5)11-7-8-12(11)18(16)22(28-4)24(30-6)20(14)26-2/h11-12H,7-10H2,1-6H3. The monoisotopic (exact) mass is 412 g/mol. The summed E-state index contributed by atoms with van der Waals surface area (Å²) >= 11 is 0. The highest BCUT2D eigenvalue weighted by molar-refractivity contribution is 5.92. The molecule has 0 bridgehead atoms. The molecule has 5 rings (SSSR count). The van der Waals surface area contributed by atoms with Crippen molar-refractivity contribution in [3.05, 3.63) is 22.3 Å². The van der Waals surface area contributed by atoms with Crippen molar-refractivity contribution in [2.24, 2.45) is 0 Å². The summed E-state index contributed by atoms with van der Waals surface area (Å²) < 4.78 is 35.2. The summed E-state index contributed by atoms with van der Waals surface area (Å²) in [6, 6.07) is 0. The van der Waals surface area contributed by atoms with Crippen molar-refractivity contribution in [3.63, 3.8) is 0 Å². The molecule has 30 heavy (non-hydrogen) atoms. The number of methoxy groups -OCH3 is 6. The predicted octanol–water partition coefficient (Wildman–Crippen LogP) is 4.48. The summed E-state index contributed by atoms with van der Waals surface area (Å²) in [5.74, 6) is 5.20. The lowest BCUT2D eigenvalue weighted by Gasteiger charge is -2.47. The molecule has 0 N–H and O–H groups in total. The van der Waals surface area contributed by atoms with Gasteiger partial charge in [0, 0.05) is 22.3 Å². The average Bonchev–Trinajstić information content (AvgIpc) is 2.75. The lowest BCUT2D eigenvalue weighted by molar-refractivity contribution is 0.283. The Bertz CT molecular complexity index is 958. The van der Waals surface area contributed by atoms with Gasteiger partial charge >= 0.3 is 0 Å². The van der Waals surface area contributed by atoms with Gasteiger partial charge in [0.1, 0.15) is 0 Å². The zero-order chi connectivity index (χ0) is 21.2. The normalized spacial score (nSPS) is 19.8. The molecule has 0 heterocycles. The first-order valence-electron chi connectivity index (χ1n) is 10.4. The molecule has 6 heteroatoms. The smallest absolute Gasteiger partial charge is 0.203 e. The van der Waals surface area contributed by atoms with Crippen molar-refractivity contribution in [2.75, 3.05) is 42.7 Å². The Morgan fingerprint density at radius 2 is 0.800 bits per heavy atom. The Kier molecular flexibility index (Phi) is 4.42. The van der Waals surface area contributed by atoms with Crippen LogP contribution in [0.1, 0.15) is 46.9 Å². The van der Waals surface area contributed by atoms with Gasteiger partial charge < -0.3 is 28.4 Å².